The molecule has 1 N–H and O–H groups in total. The summed E-state index contributed by atoms with van der Waals surface area (Å²) in [4.78, 5) is 20.4. The number of para-hydroxylation sites is 1. The van der Waals surface area contributed by atoms with E-state index in [0.29, 0.717) is 5.82 Å². The lowest BCUT2D eigenvalue weighted by molar-refractivity contribution is 0.578. The van der Waals surface area contributed by atoms with E-state index in [9.17, 15) is 0 Å². The lowest BCUT2D eigenvalue weighted by atomic mass is 10.1. The molecule has 6 heteroatoms. The van der Waals surface area contributed by atoms with Gasteiger partial charge in [0.1, 0.15) is 5.82 Å². The Hall–Kier alpha value is -2.60. The van der Waals surface area contributed by atoms with Gasteiger partial charge >= 0.3 is 0 Å². The number of nitrogens with one attached hydrogen (secondary N) is 1. The topological polar surface area (TPSA) is 66.8 Å². The van der Waals surface area contributed by atoms with Gasteiger partial charge in [0.15, 0.2) is 5.82 Å². The van der Waals surface area contributed by atoms with Gasteiger partial charge in [0.05, 0.1) is 5.52 Å². The third kappa shape index (κ3) is 2.85. The van der Waals surface area contributed by atoms with Crippen LogP contribution in [0.3, 0.4) is 0 Å². The van der Waals surface area contributed by atoms with Gasteiger partial charge in [-0.15, -0.1) is 0 Å². The summed E-state index contributed by atoms with van der Waals surface area (Å²) in [7, 11) is 0. The molecular formula is C17H18N6. The highest BCUT2D eigenvalue weighted by molar-refractivity contribution is 5.82. The van der Waals surface area contributed by atoms with E-state index in [2.05, 4.69) is 42.3 Å². The minimum atomic E-state index is 0.685. The molecule has 0 aliphatic carbocycles. The van der Waals surface area contributed by atoms with Gasteiger partial charge in [-0.3, -0.25) is 4.98 Å². The molecule has 1 saturated heterocycles. The van der Waals surface area contributed by atoms with E-state index in [-0.39, 0.29) is 0 Å². The van der Waals surface area contributed by atoms with Crippen LogP contribution >= 0.6 is 0 Å². The Labute approximate surface area is 134 Å². The number of benzene rings is 1. The van der Waals surface area contributed by atoms with Crippen molar-refractivity contribution < 1.29 is 0 Å². The number of fused-ring (bicyclic) bond motifs is 1. The Morgan fingerprint density at radius 2 is 1.87 bits per heavy atom. The second-order valence-corrected chi connectivity index (χ2v) is 5.66. The summed E-state index contributed by atoms with van der Waals surface area (Å²) < 4.78 is 0. The summed E-state index contributed by atoms with van der Waals surface area (Å²) in [6.07, 6.45) is 1.83. The molecule has 0 saturated carbocycles. The molecule has 6 nitrogen and oxygen atoms in total. The summed E-state index contributed by atoms with van der Waals surface area (Å²) in [5.41, 5.74) is 1.90. The molecule has 3 heterocycles. The van der Waals surface area contributed by atoms with Gasteiger partial charge in [-0.2, -0.15) is 9.97 Å². The zero-order valence-corrected chi connectivity index (χ0v) is 13.0. The van der Waals surface area contributed by atoms with Crippen LogP contribution in [0.25, 0.3) is 22.3 Å². The highest BCUT2D eigenvalue weighted by Crippen LogP contribution is 2.21. The van der Waals surface area contributed by atoms with E-state index in [1.54, 1.807) is 0 Å². The smallest absolute Gasteiger partial charge is 0.229 e. The molecule has 3 aromatic rings. The number of rotatable bonds is 2. The van der Waals surface area contributed by atoms with Crippen molar-refractivity contribution in [1.82, 2.24) is 25.3 Å². The molecule has 23 heavy (non-hydrogen) atoms. The number of aromatic nitrogens is 4. The molecule has 0 atom stereocenters. The summed E-state index contributed by atoms with van der Waals surface area (Å²) in [6.45, 7) is 5.65. The van der Waals surface area contributed by atoms with Crippen molar-refractivity contribution in [2.24, 2.45) is 0 Å². The molecular weight excluding hydrogens is 288 g/mol. The van der Waals surface area contributed by atoms with E-state index in [4.69, 9.17) is 0 Å². The second-order valence-electron chi connectivity index (χ2n) is 5.66. The summed E-state index contributed by atoms with van der Waals surface area (Å²) in [5, 5.41) is 4.43. The fourth-order valence-corrected chi connectivity index (χ4v) is 2.80. The lowest BCUT2D eigenvalue weighted by Crippen LogP contribution is -2.44. The van der Waals surface area contributed by atoms with E-state index >= 15 is 0 Å². The molecule has 2 aromatic heterocycles. The van der Waals surface area contributed by atoms with Crippen molar-refractivity contribution in [2.45, 2.75) is 6.92 Å². The van der Waals surface area contributed by atoms with Gasteiger partial charge in [0.25, 0.3) is 0 Å². The number of hydrogen-bond donors (Lipinski definition) is 1. The van der Waals surface area contributed by atoms with Gasteiger partial charge in [-0.25, -0.2) is 4.98 Å². The van der Waals surface area contributed by atoms with Crippen molar-refractivity contribution in [3.63, 3.8) is 0 Å². The van der Waals surface area contributed by atoms with Crippen LogP contribution in [-0.2, 0) is 0 Å². The van der Waals surface area contributed by atoms with E-state index < -0.39 is 0 Å². The molecule has 0 bridgehead atoms. The molecule has 1 aromatic carbocycles. The standard InChI is InChI=1S/C17H18N6/c1-12-20-16(22-17(21-12)23-8-6-18-7-9-23)14-10-13-4-2-3-5-15(13)19-11-14/h2-5,10-11,18H,6-9H2,1H3. The highest BCUT2D eigenvalue weighted by atomic mass is 15.3. The van der Waals surface area contributed by atoms with E-state index in [1.807, 2.05) is 31.3 Å². The van der Waals surface area contributed by atoms with Gasteiger partial charge in [-0.1, -0.05) is 18.2 Å². The zero-order chi connectivity index (χ0) is 15.6. The van der Waals surface area contributed by atoms with Gasteiger partial charge in [0, 0.05) is 43.3 Å². The molecule has 0 radical (unpaired) electrons. The van der Waals surface area contributed by atoms with Gasteiger partial charge < -0.3 is 10.2 Å². The van der Waals surface area contributed by atoms with Crippen LogP contribution in [0, 0.1) is 6.92 Å². The van der Waals surface area contributed by atoms with Gasteiger partial charge in [0.2, 0.25) is 5.95 Å². The highest BCUT2D eigenvalue weighted by Gasteiger charge is 2.15. The lowest BCUT2D eigenvalue weighted by Gasteiger charge is -2.27. The zero-order valence-electron chi connectivity index (χ0n) is 13.0. The maximum Gasteiger partial charge on any atom is 0.229 e. The van der Waals surface area contributed by atoms with Crippen LogP contribution in [0.5, 0.6) is 0 Å². The van der Waals surface area contributed by atoms with Crippen LogP contribution < -0.4 is 10.2 Å². The first kappa shape index (κ1) is 14.0. The van der Waals surface area contributed by atoms with Gasteiger partial charge in [-0.05, 0) is 19.1 Å². The van der Waals surface area contributed by atoms with Crippen LogP contribution in [0.15, 0.2) is 36.5 Å². The average Bonchev–Trinajstić information content (AvgIpc) is 2.61. The molecule has 116 valence electrons. The molecule has 0 amide bonds. The SMILES string of the molecule is Cc1nc(-c2cnc3ccccc3c2)nc(N2CCNCC2)n1. The minimum Gasteiger partial charge on any atom is -0.338 e. The predicted octanol–water partition coefficient (Wildman–Crippen LogP) is 1.80. The van der Waals surface area contributed by atoms with Crippen LogP contribution in [0.2, 0.25) is 0 Å². The Kier molecular flexibility index (Phi) is 3.59. The Morgan fingerprint density at radius 1 is 1.04 bits per heavy atom. The fraction of sp³-hybridized carbons (Fsp3) is 0.294. The molecule has 4 rings (SSSR count). The number of pyridine rings is 1. The first-order chi connectivity index (χ1) is 11.3. The summed E-state index contributed by atoms with van der Waals surface area (Å²) in [6, 6.07) is 10.1. The van der Waals surface area contributed by atoms with Crippen molar-refractivity contribution in [3.05, 3.63) is 42.4 Å². The fourth-order valence-electron chi connectivity index (χ4n) is 2.80. The van der Waals surface area contributed by atoms with Crippen molar-refractivity contribution in [1.29, 1.82) is 0 Å². The number of aryl methyl sites for hydroxylation is 1. The number of nitrogens with zero attached hydrogens (tertiary/aromatic N) is 5. The molecule has 0 spiro atoms. The number of anilines is 1. The molecule has 1 aliphatic rings. The molecule has 0 unspecified atom stereocenters. The first-order valence-electron chi connectivity index (χ1n) is 7.83. The first-order valence-corrected chi connectivity index (χ1v) is 7.83. The Bertz CT molecular complexity index is 841. The second kappa shape index (κ2) is 5.89. The quantitative estimate of drug-likeness (QED) is 0.779. The monoisotopic (exact) mass is 306 g/mol. The summed E-state index contributed by atoms with van der Waals surface area (Å²) in [5.74, 6) is 2.17. The van der Waals surface area contributed by atoms with Crippen LogP contribution in [0.1, 0.15) is 5.82 Å². The van der Waals surface area contributed by atoms with Crippen LogP contribution in [0.4, 0.5) is 5.95 Å². The maximum absolute atomic E-state index is 4.67. The summed E-state index contributed by atoms with van der Waals surface area (Å²) >= 11 is 0. The van der Waals surface area contributed by atoms with E-state index in [1.165, 1.54) is 0 Å². The third-order valence-electron chi connectivity index (χ3n) is 3.98. The maximum atomic E-state index is 4.67. The van der Waals surface area contributed by atoms with Crippen molar-refractivity contribution in [3.8, 4) is 11.4 Å². The van der Waals surface area contributed by atoms with Crippen LogP contribution in [-0.4, -0.2) is 46.1 Å². The van der Waals surface area contributed by atoms with Crippen molar-refractivity contribution >= 4 is 16.9 Å². The van der Waals surface area contributed by atoms with E-state index in [0.717, 1.165) is 54.4 Å². The molecule has 1 aliphatic heterocycles. The largest absolute Gasteiger partial charge is 0.338 e. The third-order valence-corrected chi connectivity index (χ3v) is 3.98. The Morgan fingerprint density at radius 3 is 2.74 bits per heavy atom. The van der Waals surface area contributed by atoms with Crippen molar-refractivity contribution in [2.75, 3.05) is 31.1 Å². The average molecular weight is 306 g/mol. The normalized spacial score (nSPS) is 15.1. The number of hydrogen-bond acceptors (Lipinski definition) is 6. The number of piperazine rings is 1. The minimum absolute atomic E-state index is 0.685. The predicted molar refractivity (Wildman–Crippen MR) is 90.4 cm³/mol. The molecule has 1 fully saturated rings. The Balaban J connectivity index is 1.76.